The Balaban J connectivity index is 2.04. The molecule has 0 saturated carbocycles. The second-order valence-electron chi connectivity index (χ2n) is 6.47. The molecule has 0 aliphatic carbocycles. The van der Waals surface area contributed by atoms with E-state index in [0.717, 1.165) is 12.0 Å². The maximum atomic E-state index is 12.5. The maximum absolute atomic E-state index is 12.5. The SMILES string of the molecule is NC(=O)CC(NC(=O)C1CCCN1)C(=O)NC(Cc1ccccc1)C(=O)O. The topological polar surface area (TPSA) is 151 Å². The van der Waals surface area contributed by atoms with Crippen LogP contribution in [0.25, 0.3) is 0 Å². The van der Waals surface area contributed by atoms with Crippen molar-refractivity contribution in [3.05, 3.63) is 35.9 Å². The summed E-state index contributed by atoms with van der Waals surface area (Å²) in [4.78, 5) is 47.5. The Labute approximate surface area is 156 Å². The normalized spacial score (nSPS) is 18.3. The molecule has 2 rings (SSSR count). The van der Waals surface area contributed by atoms with Gasteiger partial charge in [0.1, 0.15) is 12.1 Å². The third-order valence-electron chi connectivity index (χ3n) is 4.31. The van der Waals surface area contributed by atoms with E-state index in [2.05, 4.69) is 16.0 Å². The summed E-state index contributed by atoms with van der Waals surface area (Å²) in [7, 11) is 0. The zero-order valence-electron chi connectivity index (χ0n) is 14.8. The molecule has 9 nitrogen and oxygen atoms in total. The Morgan fingerprint density at radius 1 is 1.15 bits per heavy atom. The minimum atomic E-state index is -1.23. The molecule has 1 aliphatic heterocycles. The molecule has 1 fully saturated rings. The molecular formula is C18H24N4O5. The number of benzene rings is 1. The first-order valence-corrected chi connectivity index (χ1v) is 8.76. The van der Waals surface area contributed by atoms with Gasteiger partial charge in [0.2, 0.25) is 17.7 Å². The first kappa shape index (κ1) is 20.4. The summed E-state index contributed by atoms with van der Waals surface area (Å²) in [5.41, 5.74) is 5.90. The summed E-state index contributed by atoms with van der Waals surface area (Å²) in [5.74, 6) is -3.16. The lowest BCUT2D eigenvalue weighted by Crippen LogP contribution is -2.55. The van der Waals surface area contributed by atoms with Gasteiger partial charge in [-0.15, -0.1) is 0 Å². The van der Waals surface area contributed by atoms with Crippen molar-refractivity contribution in [2.45, 2.75) is 43.8 Å². The molecule has 6 N–H and O–H groups in total. The predicted molar refractivity (Wildman–Crippen MR) is 96.5 cm³/mol. The lowest BCUT2D eigenvalue weighted by atomic mass is 10.0. The number of aliphatic carboxylic acids is 1. The Morgan fingerprint density at radius 2 is 1.85 bits per heavy atom. The molecule has 3 unspecified atom stereocenters. The van der Waals surface area contributed by atoms with Crippen molar-refractivity contribution < 1.29 is 24.3 Å². The van der Waals surface area contributed by atoms with Crippen molar-refractivity contribution in [1.82, 2.24) is 16.0 Å². The fraction of sp³-hybridized carbons (Fsp3) is 0.444. The number of carbonyl (C=O) groups is 4. The molecule has 0 bridgehead atoms. The van der Waals surface area contributed by atoms with Gasteiger partial charge in [0.25, 0.3) is 0 Å². The Hall–Kier alpha value is -2.94. The highest BCUT2D eigenvalue weighted by molar-refractivity contribution is 5.94. The summed E-state index contributed by atoms with van der Waals surface area (Å²) >= 11 is 0. The van der Waals surface area contributed by atoms with Crippen molar-refractivity contribution >= 4 is 23.7 Å². The van der Waals surface area contributed by atoms with E-state index in [-0.39, 0.29) is 6.42 Å². The average Bonchev–Trinajstić information content (AvgIpc) is 3.15. The fourth-order valence-electron chi connectivity index (χ4n) is 2.91. The number of nitrogens with one attached hydrogen (secondary N) is 3. The van der Waals surface area contributed by atoms with Crippen LogP contribution in [-0.4, -0.2) is 53.5 Å². The number of carboxylic acids is 1. The number of rotatable bonds is 9. The largest absolute Gasteiger partial charge is 0.480 e. The number of amides is 3. The van der Waals surface area contributed by atoms with Crippen LogP contribution in [0.3, 0.4) is 0 Å². The first-order valence-electron chi connectivity index (χ1n) is 8.76. The van der Waals surface area contributed by atoms with Crippen LogP contribution in [0.2, 0.25) is 0 Å². The van der Waals surface area contributed by atoms with Gasteiger partial charge in [0.15, 0.2) is 0 Å². The van der Waals surface area contributed by atoms with E-state index in [1.807, 2.05) is 0 Å². The maximum Gasteiger partial charge on any atom is 0.326 e. The highest BCUT2D eigenvalue weighted by atomic mass is 16.4. The lowest BCUT2D eigenvalue weighted by molar-refractivity contribution is -0.142. The first-order chi connectivity index (χ1) is 12.9. The van der Waals surface area contributed by atoms with E-state index < -0.39 is 48.2 Å². The van der Waals surface area contributed by atoms with Gasteiger partial charge in [-0.2, -0.15) is 0 Å². The molecule has 1 aromatic carbocycles. The minimum absolute atomic E-state index is 0.0727. The number of hydrogen-bond acceptors (Lipinski definition) is 5. The second kappa shape index (κ2) is 9.67. The predicted octanol–water partition coefficient (Wildman–Crippen LogP) is -1.09. The van der Waals surface area contributed by atoms with E-state index in [1.165, 1.54) is 0 Å². The van der Waals surface area contributed by atoms with Crippen LogP contribution in [0.4, 0.5) is 0 Å². The molecule has 3 amide bonds. The van der Waals surface area contributed by atoms with Crippen LogP contribution < -0.4 is 21.7 Å². The van der Waals surface area contributed by atoms with Gasteiger partial charge in [0, 0.05) is 6.42 Å². The molecule has 27 heavy (non-hydrogen) atoms. The smallest absolute Gasteiger partial charge is 0.326 e. The molecule has 0 spiro atoms. The third-order valence-corrected chi connectivity index (χ3v) is 4.31. The van der Waals surface area contributed by atoms with Crippen molar-refractivity contribution in [3.8, 4) is 0 Å². The highest BCUT2D eigenvalue weighted by Gasteiger charge is 2.30. The zero-order chi connectivity index (χ0) is 19.8. The molecular weight excluding hydrogens is 352 g/mol. The lowest BCUT2D eigenvalue weighted by Gasteiger charge is -2.22. The van der Waals surface area contributed by atoms with E-state index in [0.29, 0.717) is 13.0 Å². The summed E-state index contributed by atoms with van der Waals surface area (Å²) in [6, 6.07) is 5.96. The van der Waals surface area contributed by atoms with Crippen LogP contribution in [0.5, 0.6) is 0 Å². The van der Waals surface area contributed by atoms with Gasteiger partial charge in [-0.05, 0) is 24.9 Å². The number of primary amides is 1. The Morgan fingerprint density at radius 3 is 2.41 bits per heavy atom. The van der Waals surface area contributed by atoms with Crippen molar-refractivity contribution in [3.63, 3.8) is 0 Å². The molecule has 0 radical (unpaired) electrons. The average molecular weight is 376 g/mol. The summed E-state index contributed by atoms with van der Waals surface area (Å²) in [6.45, 7) is 0.697. The standard InChI is InChI=1S/C18H24N4O5/c19-15(23)10-13(21-16(24)12-7-4-8-20-12)17(25)22-14(18(26)27)9-11-5-2-1-3-6-11/h1-3,5-6,12-14,20H,4,7-10H2,(H2,19,23)(H,21,24)(H,22,25)(H,26,27). The molecule has 1 aromatic rings. The molecule has 1 aliphatic rings. The van der Waals surface area contributed by atoms with Gasteiger partial charge in [-0.1, -0.05) is 30.3 Å². The minimum Gasteiger partial charge on any atom is -0.480 e. The third kappa shape index (κ3) is 6.37. The Kier molecular flexibility index (Phi) is 7.30. The van der Waals surface area contributed by atoms with Crippen LogP contribution in [0.1, 0.15) is 24.8 Å². The molecule has 0 aromatic heterocycles. The van der Waals surface area contributed by atoms with Gasteiger partial charge >= 0.3 is 5.97 Å². The van der Waals surface area contributed by atoms with Gasteiger partial charge in [0.05, 0.1) is 12.5 Å². The van der Waals surface area contributed by atoms with Crippen LogP contribution in [0.15, 0.2) is 30.3 Å². The number of carboxylic acid groups (broad SMARTS) is 1. The second-order valence-corrected chi connectivity index (χ2v) is 6.47. The van der Waals surface area contributed by atoms with Crippen LogP contribution >= 0.6 is 0 Å². The van der Waals surface area contributed by atoms with Crippen molar-refractivity contribution in [1.29, 1.82) is 0 Å². The van der Waals surface area contributed by atoms with Crippen LogP contribution in [-0.2, 0) is 25.6 Å². The summed E-state index contributed by atoms with van der Waals surface area (Å²) in [5, 5.41) is 17.3. The number of nitrogens with two attached hydrogens (primary N) is 1. The summed E-state index contributed by atoms with van der Waals surface area (Å²) < 4.78 is 0. The van der Waals surface area contributed by atoms with Gasteiger partial charge in [-0.3, -0.25) is 14.4 Å². The summed E-state index contributed by atoms with van der Waals surface area (Å²) in [6.07, 6.45) is 1.12. The van der Waals surface area contributed by atoms with E-state index in [1.54, 1.807) is 30.3 Å². The monoisotopic (exact) mass is 376 g/mol. The zero-order valence-corrected chi connectivity index (χ0v) is 14.8. The molecule has 1 heterocycles. The molecule has 1 saturated heterocycles. The van der Waals surface area contributed by atoms with Gasteiger partial charge in [-0.25, -0.2) is 4.79 Å². The number of hydrogen-bond donors (Lipinski definition) is 5. The van der Waals surface area contributed by atoms with Crippen molar-refractivity contribution in [2.75, 3.05) is 6.54 Å². The highest BCUT2D eigenvalue weighted by Crippen LogP contribution is 2.07. The molecule has 3 atom stereocenters. The van der Waals surface area contributed by atoms with Gasteiger partial charge < -0.3 is 26.8 Å². The fourth-order valence-corrected chi connectivity index (χ4v) is 2.91. The van der Waals surface area contributed by atoms with Crippen molar-refractivity contribution in [2.24, 2.45) is 5.73 Å². The molecule has 9 heteroatoms. The Bertz CT molecular complexity index is 688. The van der Waals surface area contributed by atoms with E-state index >= 15 is 0 Å². The number of carbonyl (C=O) groups excluding carboxylic acids is 3. The van der Waals surface area contributed by atoms with E-state index in [9.17, 15) is 24.3 Å². The quantitative estimate of drug-likeness (QED) is 0.369. The molecule has 146 valence electrons. The van der Waals surface area contributed by atoms with Crippen LogP contribution in [0, 0.1) is 0 Å². The van der Waals surface area contributed by atoms with E-state index in [4.69, 9.17) is 5.73 Å².